The van der Waals surface area contributed by atoms with Crippen molar-refractivity contribution in [1.82, 2.24) is 9.97 Å². The maximum Gasteiger partial charge on any atom is 0.0702 e. The second-order valence-electron chi connectivity index (χ2n) is 4.82. The van der Waals surface area contributed by atoms with Crippen molar-refractivity contribution in [1.29, 1.82) is 0 Å². The van der Waals surface area contributed by atoms with E-state index in [1.165, 1.54) is 5.39 Å². The molecular weight excluding hydrogens is 244 g/mol. The van der Waals surface area contributed by atoms with Gasteiger partial charge in [-0.25, -0.2) is 0 Å². The van der Waals surface area contributed by atoms with E-state index >= 15 is 0 Å². The molecule has 0 saturated heterocycles. The molecule has 2 aromatic heterocycles. The lowest BCUT2D eigenvalue weighted by Crippen LogP contribution is -1.86. The van der Waals surface area contributed by atoms with Crippen LogP contribution in [0.5, 0.6) is 0 Å². The van der Waals surface area contributed by atoms with Gasteiger partial charge in [0, 0.05) is 40.5 Å². The van der Waals surface area contributed by atoms with Gasteiger partial charge in [-0.05, 0) is 17.5 Å². The van der Waals surface area contributed by atoms with E-state index in [0.717, 1.165) is 27.4 Å². The van der Waals surface area contributed by atoms with Crippen molar-refractivity contribution in [3.8, 4) is 11.1 Å². The summed E-state index contributed by atoms with van der Waals surface area (Å²) in [5.74, 6) is 0. The largest absolute Gasteiger partial charge is 0.263 e. The Bertz CT molecular complexity index is 908. The Kier molecular flexibility index (Phi) is 2.46. The highest BCUT2D eigenvalue weighted by molar-refractivity contribution is 5.97. The van der Waals surface area contributed by atoms with Crippen LogP contribution in [-0.4, -0.2) is 9.97 Å². The first-order valence-electron chi connectivity index (χ1n) is 6.60. The quantitative estimate of drug-likeness (QED) is 0.503. The lowest BCUT2D eigenvalue weighted by molar-refractivity contribution is 1.35. The van der Waals surface area contributed by atoms with Gasteiger partial charge in [0.1, 0.15) is 0 Å². The topological polar surface area (TPSA) is 25.8 Å². The summed E-state index contributed by atoms with van der Waals surface area (Å²) in [6.07, 6.45) is 5.73. The Morgan fingerprint density at radius 2 is 1.50 bits per heavy atom. The molecule has 0 N–H and O–H groups in total. The molecule has 2 heteroatoms. The Labute approximate surface area is 116 Å². The fourth-order valence-corrected chi connectivity index (χ4v) is 2.56. The molecule has 4 rings (SSSR count). The van der Waals surface area contributed by atoms with Gasteiger partial charge in [-0.15, -0.1) is 0 Å². The van der Waals surface area contributed by atoms with Crippen molar-refractivity contribution in [2.45, 2.75) is 0 Å². The molecule has 0 radical (unpaired) electrons. The average molecular weight is 256 g/mol. The molecule has 0 fully saturated rings. The van der Waals surface area contributed by atoms with E-state index in [9.17, 15) is 0 Å². The number of hydrogen-bond acceptors (Lipinski definition) is 2. The molecule has 0 aliphatic rings. The van der Waals surface area contributed by atoms with Gasteiger partial charge in [0.05, 0.1) is 5.52 Å². The molecule has 0 bridgehead atoms. The van der Waals surface area contributed by atoms with Crippen molar-refractivity contribution in [2.24, 2.45) is 0 Å². The predicted octanol–water partition coefficient (Wildman–Crippen LogP) is 4.45. The molecule has 0 aliphatic heterocycles. The molecule has 4 aromatic rings. The highest BCUT2D eigenvalue weighted by Crippen LogP contribution is 2.28. The SMILES string of the molecule is c1ccc2ncc(-c3cncc4ccccc34)cc2c1. The first-order valence-corrected chi connectivity index (χ1v) is 6.60. The van der Waals surface area contributed by atoms with Gasteiger partial charge in [0.15, 0.2) is 0 Å². The van der Waals surface area contributed by atoms with E-state index in [2.05, 4.69) is 40.3 Å². The highest BCUT2D eigenvalue weighted by Gasteiger charge is 2.05. The van der Waals surface area contributed by atoms with Gasteiger partial charge in [-0.1, -0.05) is 42.5 Å². The van der Waals surface area contributed by atoms with Crippen LogP contribution in [0, 0.1) is 0 Å². The fraction of sp³-hybridized carbons (Fsp3) is 0. The fourth-order valence-electron chi connectivity index (χ4n) is 2.56. The molecule has 0 unspecified atom stereocenters. The van der Waals surface area contributed by atoms with E-state index < -0.39 is 0 Å². The highest BCUT2D eigenvalue weighted by atomic mass is 14.7. The molecule has 0 amide bonds. The van der Waals surface area contributed by atoms with Crippen molar-refractivity contribution >= 4 is 21.7 Å². The minimum absolute atomic E-state index is 1.02. The van der Waals surface area contributed by atoms with E-state index in [0.29, 0.717) is 0 Å². The minimum atomic E-state index is 1.02. The van der Waals surface area contributed by atoms with E-state index in [1.807, 2.05) is 42.9 Å². The van der Waals surface area contributed by atoms with Crippen LogP contribution < -0.4 is 0 Å². The number of pyridine rings is 2. The van der Waals surface area contributed by atoms with E-state index in [4.69, 9.17) is 0 Å². The lowest BCUT2D eigenvalue weighted by atomic mass is 10.0. The molecule has 2 aromatic carbocycles. The van der Waals surface area contributed by atoms with Crippen LogP contribution >= 0.6 is 0 Å². The maximum absolute atomic E-state index is 4.54. The monoisotopic (exact) mass is 256 g/mol. The number of para-hydroxylation sites is 1. The number of aromatic nitrogens is 2. The summed E-state index contributed by atoms with van der Waals surface area (Å²) in [6, 6.07) is 18.6. The first-order chi connectivity index (χ1) is 9.92. The van der Waals surface area contributed by atoms with Crippen LogP contribution in [0.25, 0.3) is 32.8 Å². The van der Waals surface area contributed by atoms with Gasteiger partial charge < -0.3 is 0 Å². The van der Waals surface area contributed by atoms with Crippen LogP contribution in [0.3, 0.4) is 0 Å². The summed E-state index contributed by atoms with van der Waals surface area (Å²) in [4.78, 5) is 8.88. The standard InChI is InChI=1S/C18H12N2/c1-3-7-16-14(6-1)10-19-12-17(16)15-9-13-5-2-4-8-18(13)20-11-15/h1-12H. The van der Waals surface area contributed by atoms with Crippen LogP contribution in [0.1, 0.15) is 0 Å². The van der Waals surface area contributed by atoms with Crippen LogP contribution in [0.4, 0.5) is 0 Å². The third kappa shape index (κ3) is 1.74. The second kappa shape index (κ2) is 4.42. The zero-order valence-electron chi connectivity index (χ0n) is 10.8. The Morgan fingerprint density at radius 1 is 0.700 bits per heavy atom. The van der Waals surface area contributed by atoms with Gasteiger partial charge in [0.2, 0.25) is 0 Å². The van der Waals surface area contributed by atoms with Crippen LogP contribution in [0.2, 0.25) is 0 Å². The minimum Gasteiger partial charge on any atom is -0.263 e. The third-order valence-corrected chi connectivity index (χ3v) is 3.57. The number of fused-ring (bicyclic) bond motifs is 2. The molecule has 0 aliphatic carbocycles. The third-order valence-electron chi connectivity index (χ3n) is 3.57. The zero-order valence-corrected chi connectivity index (χ0v) is 10.8. The van der Waals surface area contributed by atoms with Crippen molar-refractivity contribution in [3.63, 3.8) is 0 Å². The summed E-state index contributed by atoms with van der Waals surface area (Å²) in [5.41, 5.74) is 3.25. The molecule has 0 atom stereocenters. The molecule has 0 spiro atoms. The number of nitrogens with zero attached hydrogens (tertiary/aromatic N) is 2. The number of rotatable bonds is 1. The summed E-state index contributed by atoms with van der Waals surface area (Å²) in [7, 11) is 0. The number of hydrogen-bond donors (Lipinski definition) is 0. The molecule has 94 valence electrons. The maximum atomic E-state index is 4.54. The molecular formula is C18H12N2. The summed E-state index contributed by atoms with van der Waals surface area (Å²) in [5, 5.41) is 3.51. The number of benzene rings is 2. The van der Waals surface area contributed by atoms with Gasteiger partial charge in [-0.2, -0.15) is 0 Å². The first kappa shape index (κ1) is 11.1. The van der Waals surface area contributed by atoms with Crippen molar-refractivity contribution in [3.05, 3.63) is 73.2 Å². The summed E-state index contributed by atoms with van der Waals surface area (Å²) in [6.45, 7) is 0. The average Bonchev–Trinajstić information content (AvgIpc) is 2.54. The Hall–Kier alpha value is -2.74. The smallest absolute Gasteiger partial charge is 0.0702 e. The Balaban J connectivity index is 2.01. The summed E-state index contributed by atoms with van der Waals surface area (Å²) < 4.78 is 0. The lowest BCUT2D eigenvalue weighted by Gasteiger charge is -2.07. The molecule has 2 heterocycles. The predicted molar refractivity (Wildman–Crippen MR) is 82.5 cm³/mol. The van der Waals surface area contributed by atoms with Crippen LogP contribution in [0.15, 0.2) is 73.2 Å². The van der Waals surface area contributed by atoms with Crippen molar-refractivity contribution in [2.75, 3.05) is 0 Å². The zero-order chi connectivity index (χ0) is 13.4. The Morgan fingerprint density at radius 3 is 2.45 bits per heavy atom. The summed E-state index contributed by atoms with van der Waals surface area (Å²) >= 11 is 0. The van der Waals surface area contributed by atoms with Gasteiger partial charge in [0.25, 0.3) is 0 Å². The molecule has 20 heavy (non-hydrogen) atoms. The van der Waals surface area contributed by atoms with Gasteiger partial charge >= 0.3 is 0 Å². The van der Waals surface area contributed by atoms with Gasteiger partial charge in [-0.3, -0.25) is 9.97 Å². The molecule has 0 saturated carbocycles. The van der Waals surface area contributed by atoms with E-state index in [1.54, 1.807) is 0 Å². The normalized spacial score (nSPS) is 11.0. The second-order valence-corrected chi connectivity index (χ2v) is 4.82. The van der Waals surface area contributed by atoms with Crippen molar-refractivity contribution < 1.29 is 0 Å². The van der Waals surface area contributed by atoms with Crippen LogP contribution in [-0.2, 0) is 0 Å². The molecule has 2 nitrogen and oxygen atoms in total. The van der Waals surface area contributed by atoms with E-state index in [-0.39, 0.29) is 0 Å².